The summed E-state index contributed by atoms with van der Waals surface area (Å²) in [4.78, 5) is 27.1. The van der Waals surface area contributed by atoms with E-state index in [1.165, 1.54) is 0 Å². The van der Waals surface area contributed by atoms with Crippen molar-refractivity contribution in [1.29, 1.82) is 0 Å². The second-order valence-electron chi connectivity index (χ2n) is 6.95. The molecule has 0 atom stereocenters. The highest BCUT2D eigenvalue weighted by molar-refractivity contribution is 5.95. The van der Waals surface area contributed by atoms with Gasteiger partial charge in [-0.3, -0.25) is 19.1 Å². The summed E-state index contributed by atoms with van der Waals surface area (Å²) in [5.41, 5.74) is 3.62. The van der Waals surface area contributed by atoms with Gasteiger partial charge >= 0.3 is 0 Å². The number of imidazole rings is 1. The summed E-state index contributed by atoms with van der Waals surface area (Å²) in [6, 6.07) is 7.91. The second-order valence-corrected chi connectivity index (χ2v) is 6.95. The Morgan fingerprint density at radius 3 is 2.79 bits per heavy atom. The Morgan fingerprint density at radius 1 is 1.25 bits per heavy atom. The third-order valence-corrected chi connectivity index (χ3v) is 4.75. The molecule has 1 amide bonds. The number of aromatic nitrogens is 3. The van der Waals surface area contributed by atoms with Crippen molar-refractivity contribution in [3.63, 3.8) is 0 Å². The number of hydrogen-bond acceptors (Lipinski definition) is 3. The summed E-state index contributed by atoms with van der Waals surface area (Å²) in [6.07, 6.45) is 9.46. The van der Waals surface area contributed by atoms with E-state index in [0.717, 1.165) is 54.0 Å². The molecule has 3 heterocycles. The second kappa shape index (κ2) is 9.14. The molecule has 0 bridgehead atoms. The summed E-state index contributed by atoms with van der Waals surface area (Å²) in [6.45, 7) is 10.2. The van der Waals surface area contributed by atoms with Crippen LogP contribution in [0, 0.1) is 13.5 Å². The molecule has 0 aliphatic rings. The standard InChI is InChI=1S/C22H26N5O/c1-17-10-14-27-20(15-17)25-21(19-9-8-12-24-16-19)22(27)26(18(2)28)13-7-5-4-6-11-23-3/h3,8-10,12,14-16H,4-7,11,13H2,1-2H3/q+1. The maximum absolute atomic E-state index is 12.5. The monoisotopic (exact) mass is 376 g/mol. The highest BCUT2D eigenvalue weighted by Gasteiger charge is 2.22. The zero-order chi connectivity index (χ0) is 19.9. The average Bonchev–Trinajstić information content (AvgIpc) is 3.06. The highest BCUT2D eigenvalue weighted by atomic mass is 16.2. The highest BCUT2D eigenvalue weighted by Crippen LogP contribution is 2.32. The smallest absolute Gasteiger partial charge is 0.263 e. The van der Waals surface area contributed by atoms with E-state index in [2.05, 4.69) is 9.83 Å². The van der Waals surface area contributed by atoms with Crippen molar-refractivity contribution in [2.24, 2.45) is 0 Å². The molecule has 6 nitrogen and oxygen atoms in total. The van der Waals surface area contributed by atoms with Gasteiger partial charge in [-0.2, -0.15) is 0 Å². The molecule has 0 saturated heterocycles. The van der Waals surface area contributed by atoms with Crippen LogP contribution in [0.15, 0.2) is 42.9 Å². The lowest BCUT2D eigenvalue weighted by atomic mass is 10.1. The third-order valence-electron chi connectivity index (χ3n) is 4.75. The van der Waals surface area contributed by atoms with E-state index in [0.29, 0.717) is 13.1 Å². The Kier molecular flexibility index (Phi) is 6.38. The third kappa shape index (κ3) is 4.37. The van der Waals surface area contributed by atoms with Crippen molar-refractivity contribution < 1.29 is 4.79 Å². The summed E-state index contributed by atoms with van der Waals surface area (Å²) < 4.78 is 1.99. The number of fused-ring (bicyclic) bond motifs is 1. The molecule has 0 aliphatic heterocycles. The molecule has 3 rings (SSSR count). The van der Waals surface area contributed by atoms with E-state index >= 15 is 0 Å². The van der Waals surface area contributed by atoms with E-state index in [4.69, 9.17) is 11.6 Å². The van der Waals surface area contributed by atoms with Gasteiger partial charge in [0.05, 0.1) is 0 Å². The number of aryl methyl sites for hydroxylation is 1. The Hall–Kier alpha value is -3.20. The molecule has 0 saturated carbocycles. The molecule has 3 aromatic heterocycles. The number of hydrogen-bond donors (Lipinski definition) is 0. The fraction of sp³-hybridized carbons (Fsp3) is 0.364. The first kappa shape index (κ1) is 19.6. The van der Waals surface area contributed by atoms with Gasteiger partial charge in [-0.1, -0.05) is 11.3 Å². The summed E-state index contributed by atoms with van der Waals surface area (Å²) in [5, 5.41) is 0. The van der Waals surface area contributed by atoms with Gasteiger partial charge in [-0.15, -0.1) is 0 Å². The van der Waals surface area contributed by atoms with Crippen molar-refractivity contribution in [1.82, 2.24) is 14.4 Å². The van der Waals surface area contributed by atoms with Crippen LogP contribution >= 0.6 is 0 Å². The number of rotatable bonds is 8. The topological polar surface area (TPSA) is 54.9 Å². The van der Waals surface area contributed by atoms with Gasteiger partial charge in [0.25, 0.3) is 13.1 Å². The summed E-state index contributed by atoms with van der Waals surface area (Å²) in [7, 11) is 0. The first-order valence-corrected chi connectivity index (χ1v) is 9.65. The van der Waals surface area contributed by atoms with Crippen LogP contribution in [-0.4, -0.2) is 33.4 Å². The van der Waals surface area contributed by atoms with Gasteiger partial charge in [0, 0.05) is 44.0 Å². The molecule has 144 valence electrons. The molecule has 0 aliphatic carbocycles. The Balaban J connectivity index is 1.95. The van der Waals surface area contributed by atoms with Crippen molar-refractivity contribution in [3.05, 3.63) is 53.3 Å². The maximum atomic E-state index is 12.5. The predicted molar refractivity (Wildman–Crippen MR) is 113 cm³/mol. The van der Waals surface area contributed by atoms with Crippen LogP contribution in [0.2, 0.25) is 0 Å². The molecular weight excluding hydrogens is 350 g/mol. The van der Waals surface area contributed by atoms with E-state index < -0.39 is 0 Å². The van der Waals surface area contributed by atoms with E-state index in [1.807, 2.05) is 46.7 Å². The minimum atomic E-state index is 0.00414. The van der Waals surface area contributed by atoms with Crippen LogP contribution in [0.3, 0.4) is 0 Å². The molecule has 0 aromatic carbocycles. The molecule has 28 heavy (non-hydrogen) atoms. The molecule has 3 aromatic rings. The number of unbranched alkanes of at least 4 members (excludes halogenated alkanes) is 3. The Labute approximate surface area is 165 Å². The van der Waals surface area contributed by atoms with E-state index in [9.17, 15) is 4.79 Å². The first-order chi connectivity index (χ1) is 13.6. The molecule has 0 unspecified atom stereocenters. The fourth-order valence-electron chi connectivity index (χ4n) is 3.33. The van der Waals surface area contributed by atoms with Crippen LogP contribution < -0.4 is 4.90 Å². The van der Waals surface area contributed by atoms with E-state index in [1.54, 1.807) is 19.3 Å². The number of nitrogens with zero attached hydrogens (tertiary/aromatic N) is 5. The average molecular weight is 376 g/mol. The van der Waals surface area contributed by atoms with Crippen LogP contribution in [0.1, 0.15) is 38.2 Å². The van der Waals surface area contributed by atoms with Gasteiger partial charge in [0.15, 0.2) is 0 Å². The zero-order valence-corrected chi connectivity index (χ0v) is 16.5. The molecule has 0 radical (unpaired) electrons. The molecule has 0 spiro atoms. The minimum absolute atomic E-state index is 0.00414. The molecule has 6 heteroatoms. The summed E-state index contributed by atoms with van der Waals surface area (Å²) in [5.74, 6) is 0.803. The fourth-order valence-corrected chi connectivity index (χ4v) is 3.33. The van der Waals surface area contributed by atoms with Gasteiger partial charge in [0.2, 0.25) is 5.91 Å². The van der Waals surface area contributed by atoms with Crippen molar-refractivity contribution >= 4 is 17.4 Å². The number of pyridine rings is 2. The predicted octanol–water partition coefficient (Wildman–Crippen LogP) is 4.58. The summed E-state index contributed by atoms with van der Waals surface area (Å²) >= 11 is 0. The van der Waals surface area contributed by atoms with Crippen LogP contribution in [0.5, 0.6) is 0 Å². The number of carbonyl (C=O) groups excluding carboxylic acids is 1. The lowest BCUT2D eigenvalue weighted by Crippen LogP contribution is -2.31. The molecular formula is C22H26N5O+. The van der Waals surface area contributed by atoms with Crippen LogP contribution in [-0.2, 0) is 4.79 Å². The van der Waals surface area contributed by atoms with Crippen molar-refractivity contribution in [2.75, 3.05) is 18.0 Å². The van der Waals surface area contributed by atoms with Gasteiger partial charge in [0.1, 0.15) is 17.2 Å². The lowest BCUT2D eigenvalue weighted by molar-refractivity contribution is -0.116. The SMILES string of the molecule is C#[N+]CCCCCCN(C(C)=O)c1c(-c2cccnc2)nc2cc(C)ccn12. The normalized spacial score (nSPS) is 10.8. The Bertz CT molecular complexity index is 987. The van der Waals surface area contributed by atoms with Crippen LogP contribution in [0.25, 0.3) is 21.7 Å². The molecule has 0 fully saturated rings. The van der Waals surface area contributed by atoms with Crippen LogP contribution in [0.4, 0.5) is 5.82 Å². The van der Waals surface area contributed by atoms with Crippen molar-refractivity contribution in [3.8, 4) is 17.8 Å². The largest absolute Gasteiger partial charge is 0.296 e. The zero-order valence-electron chi connectivity index (χ0n) is 16.5. The first-order valence-electron chi connectivity index (χ1n) is 9.65. The quantitative estimate of drug-likeness (QED) is 0.541. The molecule has 0 N–H and O–H groups in total. The number of anilines is 1. The Morgan fingerprint density at radius 2 is 2.07 bits per heavy atom. The minimum Gasteiger partial charge on any atom is -0.296 e. The van der Waals surface area contributed by atoms with Gasteiger partial charge in [-0.25, -0.2) is 4.98 Å². The van der Waals surface area contributed by atoms with Gasteiger partial charge in [-0.05, 0) is 49.6 Å². The maximum Gasteiger partial charge on any atom is 0.263 e. The van der Waals surface area contributed by atoms with E-state index in [-0.39, 0.29) is 5.91 Å². The number of amides is 1. The van der Waals surface area contributed by atoms with Gasteiger partial charge < -0.3 is 0 Å². The number of carbonyl (C=O) groups is 1. The lowest BCUT2D eigenvalue weighted by Gasteiger charge is -2.22. The van der Waals surface area contributed by atoms with Crippen molar-refractivity contribution in [2.45, 2.75) is 39.5 Å².